The van der Waals surface area contributed by atoms with Gasteiger partial charge in [-0.25, -0.2) is 4.39 Å². The molecule has 3 nitrogen and oxygen atoms in total. The first kappa shape index (κ1) is 11.7. The van der Waals surface area contributed by atoms with Crippen molar-refractivity contribution in [3.05, 3.63) is 35.6 Å². The third-order valence-corrected chi connectivity index (χ3v) is 1.96. The van der Waals surface area contributed by atoms with Crippen molar-refractivity contribution >= 4 is 5.97 Å². The molecule has 1 atom stereocenters. The van der Waals surface area contributed by atoms with Crippen LogP contribution in [-0.4, -0.2) is 18.6 Å². The third kappa shape index (κ3) is 3.67. The fraction of sp³-hybridized carbons (Fsp3) is 0.364. The first-order valence-corrected chi connectivity index (χ1v) is 4.80. The first-order valence-electron chi connectivity index (χ1n) is 4.80. The maximum absolute atomic E-state index is 12.6. The fourth-order valence-electron chi connectivity index (χ4n) is 1.21. The summed E-state index contributed by atoms with van der Waals surface area (Å²) in [5.41, 5.74) is 6.42. The average molecular weight is 211 g/mol. The fourth-order valence-corrected chi connectivity index (χ4v) is 1.21. The summed E-state index contributed by atoms with van der Waals surface area (Å²) in [5, 5.41) is 0. The zero-order chi connectivity index (χ0) is 11.3. The molecule has 0 bridgehead atoms. The molecule has 0 radical (unpaired) electrons. The molecule has 0 spiro atoms. The van der Waals surface area contributed by atoms with Crippen molar-refractivity contribution in [3.63, 3.8) is 0 Å². The van der Waals surface area contributed by atoms with Crippen LogP contribution in [-0.2, 0) is 16.0 Å². The van der Waals surface area contributed by atoms with E-state index in [1.165, 1.54) is 12.1 Å². The highest BCUT2D eigenvalue weighted by molar-refractivity contribution is 5.75. The summed E-state index contributed by atoms with van der Waals surface area (Å²) >= 11 is 0. The van der Waals surface area contributed by atoms with E-state index in [-0.39, 0.29) is 5.82 Å². The van der Waals surface area contributed by atoms with Gasteiger partial charge in [0.05, 0.1) is 6.61 Å². The van der Waals surface area contributed by atoms with Crippen LogP contribution in [0.25, 0.3) is 0 Å². The number of esters is 1. The predicted octanol–water partition coefficient (Wildman–Crippen LogP) is 1.26. The van der Waals surface area contributed by atoms with Crippen molar-refractivity contribution in [1.29, 1.82) is 0 Å². The second-order valence-corrected chi connectivity index (χ2v) is 3.19. The second kappa shape index (κ2) is 5.46. The van der Waals surface area contributed by atoms with Crippen LogP contribution in [0.3, 0.4) is 0 Å². The maximum atomic E-state index is 12.6. The molecule has 0 aliphatic rings. The zero-order valence-corrected chi connectivity index (χ0v) is 8.57. The molecule has 0 aliphatic carbocycles. The number of carbonyl (C=O) groups excluding carboxylic acids is 1. The van der Waals surface area contributed by atoms with Gasteiger partial charge in [-0.1, -0.05) is 12.1 Å². The summed E-state index contributed by atoms with van der Waals surface area (Å²) in [6.07, 6.45) is 0.360. The summed E-state index contributed by atoms with van der Waals surface area (Å²) in [7, 11) is 0. The molecule has 0 aliphatic heterocycles. The molecule has 1 aromatic carbocycles. The van der Waals surface area contributed by atoms with Gasteiger partial charge in [-0.2, -0.15) is 0 Å². The highest BCUT2D eigenvalue weighted by Crippen LogP contribution is 2.05. The molecule has 0 saturated carbocycles. The van der Waals surface area contributed by atoms with Gasteiger partial charge in [-0.15, -0.1) is 0 Å². The Morgan fingerprint density at radius 1 is 1.47 bits per heavy atom. The molecular formula is C11H14FNO2. The number of ether oxygens (including phenoxy) is 1. The van der Waals surface area contributed by atoms with Crippen LogP contribution < -0.4 is 5.73 Å². The molecule has 1 aromatic rings. The van der Waals surface area contributed by atoms with Gasteiger partial charge in [0.15, 0.2) is 0 Å². The quantitative estimate of drug-likeness (QED) is 0.763. The number of hydrogen-bond acceptors (Lipinski definition) is 3. The summed E-state index contributed by atoms with van der Waals surface area (Å²) in [6.45, 7) is 2.04. The number of nitrogens with two attached hydrogens (primary N) is 1. The van der Waals surface area contributed by atoms with Gasteiger partial charge in [0, 0.05) is 0 Å². The van der Waals surface area contributed by atoms with E-state index in [2.05, 4.69) is 0 Å². The topological polar surface area (TPSA) is 52.3 Å². The van der Waals surface area contributed by atoms with Crippen LogP contribution in [0.2, 0.25) is 0 Å². The summed E-state index contributed by atoms with van der Waals surface area (Å²) < 4.78 is 17.3. The standard InChI is InChI=1S/C11H14FNO2/c1-2-15-11(14)10(13)7-8-3-5-9(12)6-4-8/h3-6,10H,2,7,13H2,1H3. The Kier molecular flexibility index (Phi) is 4.24. The van der Waals surface area contributed by atoms with Crippen molar-refractivity contribution in [2.75, 3.05) is 6.61 Å². The lowest BCUT2D eigenvalue weighted by Gasteiger charge is -2.10. The van der Waals surface area contributed by atoms with Crippen molar-refractivity contribution in [2.24, 2.45) is 5.73 Å². The van der Waals surface area contributed by atoms with E-state index < -0.39 is 12.0 Å². The van der Waals surface area contributed by atoms with Crippen molar-refractivity contribution in [2.45, 2.75) is 19.4 Å². The van der Waals surface area contributed by atoms with Crippen molar-refractivity contribution < 1.29 is 13.9 Å². The number of halogens is 1. The molecule has 0 amide bonds. The van der Waals surface area contributed by atoms with Crippen LogP contribution in [0.15, 0.2) is 24.3 Å². The molecule has 82 valence electrons. The van der Waals surface area contributed by atoms with Gasteiger partial charge in [0.2, 0.25) is 0 Å². The smallest absolute Gasteiger partial charge is 0.323 e. The lowest BCUT2D eigenvalue weighted by atomic mass is 10.1. The van der Waals surface area contributed by atoms with Gasteiger partial charge in [0.1, 0.15) is 11.9 Å². The molecular weight excluding hydrogens is 197 g/mol. The lowest BCUT2D eigenvalue weighted by Crippen LogP contribution is -2.34. The third-order valence-electron chi connectivity index (χ3n) is 1.96. The Labute approximate surface area is 88.0 Å². The molecule has 0 saturated heterocycles. The summed E-state index contributed by atoms with van der Waals surface area (Å²) in [5.74, 6) is -0.731. The number of hydrogen-bond donors (Lipinski definition) is 1. The number of rotatable bonds is 4. The van der Waals surface area contributed by atoms with Crippen molar-refractivity contribution in [3.8, 4) is 0 Å². The van der Waals surface area contributed by atoms with Crippen LogP contribution in [0.5, 0.6) is 0 Å². The molecule has 0 heterocycles. The largest absolute Gasteiger partial charge is 0.465 e. The van der Waals surface area contributed by atoms with E-state index >= 15 is 0 Å². The van der Waals surface area contributed by atoms with Crippen LogP contribution in [0, 0.1) is 5.82 Å². The lowest BCUT2D eigenvalue weighted by molar-refractivity contribution is -0.144. The minimum absolute atomic E-state index is 0.302. The van der Waals surface area contributed by atoms with Gasteiger partial charge in [0.25, 0.3) is 0 Å². The Morgan fingerprint density at radius 3 is 2.60 bits per heavy atom. The van der Waals surface area contributed by atoms with E-state index in [0.29, 0.717) is 13.0 Å². The van der Waals surface area contributed by atoms with Crippen LogP contribution >= 0.6 is 0 Å². The molecule has 2 N–H and O–H groups in total. The Morgan fingerprint density at radius 2 is 2.07 bits per heavy atom. The molecule has 1 unspecified atom stereocenters. The Hall–Kier alpha value is -1.42. The highest BCUT2D eigenvalue weighted by Gasteiger charge is 2.14. The molecule has 4 heteroatoms. The van der Waals surface area contributed by atoms with Gasteiger partial charge >= 0.3 is 5.97 Å². The summed E-state index contributed by atoms with van der Waals surface area (Å²) in [6, 6.07) is 5.21. The average Bonchev–Trinajstić information content (AvgIpc) is 2.22. The monoisotopic (exact) mass is 211 g/mol. The SMILES string of the molecule is CCOC(=O)C(N)Cc1ccc(F)cc1. The van der Waals surface area contributed by atoms with E-state index in [0.717, 1.165) is 5.56 Å². The first-order chi connectivity index (χ1) is 7.13. The minimum Gasteiger partial charge on any atom is -0.465 e. The summed E-state index contributed by atoms with van der Waals surface area (Å²) in [4.78, 5) is 11.2. The van der Waals surface area contributed by atoms with E-state index in [1.54, 1.807) is 19.1 Å². The maximum Gasteiger partial charge on any atom is 0.323 e. The molecule has 1 rings (SSSR count). The van der Waals surface area contributed by atoms with Gasteiger partial charge < -0.3 is 10.5 Å². The number of carbonyl (C=O) groups is 1. The van der Waals surface area contributed by atoms with Gasteiger partial charge in [-0.05, 0) is 31.0 Å². The molecule has 0 aromatic heterocycles. The van der Waals surface area contributed by atoms with Crippen LogP contribution in [0.1, 0.15) is 12.5 Å². The van der Waals surface area contributed by atoms with Crippen LogP contribution in [0.4, 0.5) is 4.39 Å². The van der Waals surface area contributed by atoms with E-state index in [1.807, 2.05) is 0 Å². The minimum atomic E-state index is -0.685. The molecule has 15 heavy (non-hydrogen) atoms. The zero-order valence-electron chi connectivity index (χ0n) is 8.57. The number of benzene rings is 1. The highest BCUT2D eigenvalue weighted by atomic mass is 19.1. The Balaban J connectivity index is 2.54. The van der Waals surface area contributed by atoms with Crippen molar-refractivity contribution in [1.82, 2.24) is 0 Å². The van der Waals surface area contributed by atoms with Gasteiger partial charge in [-0.3, -0.25) is 4.79 Å². The normalized spacial score (nSPS) is 12.2. The van der Waals surface area contributed by atoms with E-state index in [4.69, 9.17) is 10.5 Å². The predicted molar refractivity (Wildman–Crippen MR) is 54.7 cm³/mol. The Bertz CT molecular complexity index is 324. The van der Waals surface area contributed by atoms with E-state index in [9.17, 15) is 9.18 Å². The molecule has 0 fully saturated rings. The second-order valence-electron chi connectivity index (χ2n) is 3.19.